The Morgan fingerprint density at radius 2 is 0.481 bits per heavy atom. The molecule has 0 aromatic carbocycles. The largest absolute Gasteiger partial charge is 0.462 e. The van der Waals surface area contributed by atoms with Gasteiger partial charge in [0.15, 0.2) is 6.10 Å². The van der Waals surface area contributed by atoms with Crippen molar-refractivity contribution >= 4 is 17.9 Å². The molecule has 0 N–H and O–H groups in total. The molecule has 1 unspecified atom stereocenters. The summed E-state index contributed by atoms with van der Waals surface area (Å²) in [5, 5.41) is 0. The number of esters is 3. The molecule has 0 aromatic rings. The van der Waals surface area contributed by atoms with Crippen molar-refractivity contribution in [2.45, 2.75) is 297 Å². The molecule has 458 valence electrons. The van der Waals surface area contributed by atoms with Gasteiger partial charge in [0.1, 0.15) is 13.2 Å². The Morgan fingerprint density at radius 1 is 0.259 bits per heavy atom. The summed E-state index contributed by atoms with van der Waals surface area (Å²) < 4.78 is 16.9. The quantitative estimate of drug-likeness (QED) is 0.0261. The highest BCUT2D eigenvalue weighted by Gasteiger charge is 2.19. The molecule has 0 amide bonds. The molecule has 0 saturated carbocycles. The molecule has 0 bridgehead atoms. The Labute approximate surface area is 499 Å². The van der Waals surface area contributed by atoms with Crippen molar-refractivity contribution in [3.05, 3.63) is 146 Å². The Bertz CT molecular complexity index is 1760. The number of ether oxygens (including phenoxy) is 3. The van der Waals surface area contributed by atoms with Gasteiger partial charge in [0.05, 0.1) is 0 Å². The van der Waals surface area contributed by atoms with E-state index < -0.39 is 6.10 Å². The van der Waals surface area contributed by atoms with Gasteiger partial charge in [-0.15, -0.1) is 0 Å². The predicted octanol–water partition coefficient (Wildman–Crippen LogP) is 23.1. The molecule has 0 radical (unpaired) electrons. The van der Waals surface area contributed by atoms with E-state index in [1.807, 2.05) is 0 Å². The summed E-state index contributed by atoms with van der Waals surface area (Å²) in [6.45, 7) is 6.47. The van der Waals surface area contributed by atoms with E-state index in [0.29, 0.717) is 19.3 Å². The molecule has 0 aliphatic carbocycles. The number of hydrogen-bond acceptors (Lipinski definition) is 6. The summed E-state index contributed by atoms with van der Waals surface area (Å²) in [6.07, 6.45) is 97.1. The minimum absolute atomic E-state index is 0.0917. The zero-order chi connectivity index (χ0) is 58.5. The highest BCUT2D eigenvalue weighted by molar-refractivity contribution is 5.71. The van der Waals surface area contributed by atoms with E-state index in [1.54, 1.807) is 0 Å². The monoisotopic (exact) mass is 1120 g/mol. The first-order valence-electron chi connectivity index (χ1n) is 33.3. The lowest BCUT2D eigenvalue weighted by Crippen LogP contribution is -2.30. The summed E-state index contributed by atoms with van der Waals surface area (Å²) in [5.41, 5.74) is 0. The lowest BCUT2D eigenvalue weighted by molar-refractivity contribution is -0.167. The van der Waals surface area contributed by atoms with E-state index in [2.05, 4.69) is 167 Å². The molecule has 0 aliphatic rings. The molecule has 0 fully saturated rings. The minimum Gasteiger partial charge on any atom is -0.462 e. The molecule has 0 spiro atoms. The Hall–Kier alpha value is -4.71. The molecule has 0 rings (SSSR count). The molecular formula is C75H122O6. The average Bonchev–Trinajstić information content (AvgIpc) is 3.47. The molecule has 0 aromatic heterocycles. The fourth-order valence-corrected chi connectivity index (χ4v) is 8.85. The van der Waals surface area contributed by atoms with Crippen molar-refractivity contribution in [2.24, 2.45) is 0 Å². The molecule has 0 heterocycles. The maximum Gasteiger partial charge on any atom is 0.306 e. The standard InChI is InChI=1S/C75H122O6/c1-4-7-10-13-16-19-22-24-26-28-30-31-32-33-34-35-36-37-38-39-40-41-42-43-45-46-48-50-53-56-59-62-65-68-74(77)80-71-72(70-79-73(76)67-64-61-58-55-52-21-18-15-12-9-6-3)81-75(78)69-66-63-60-57-54-51-49-47-44-29-27-25-23-20-17-14-11-8-5-2/h7,10,16-17,19-20,24-27,30-31,33-34,36-37,39-40,42-44,46-48,72H,4-6,8-9,11-15,18,21-23,28-29,32,35,38,41,45,49-71H2,1-3H3/b10-7-,19-16-,20-17-,26-24-,27-25-,31-30-,34-33-,37-36-,40-39-,43-42-,47-44-,48-46-. The van der Waals surface area contributed by atoms with Crippen LogP contribution in [-0.4, -0.2) is 37.2 Å². The highest BCUT2D eigenvalue weighted by atomic mass is 16.6. The van der Waals surface area contributed by atoms with Crippen LogP contribution in [0.15, 0.2) is 146 Å². The molecule has 6 nitrogen and oxygen atoms in total. The lowest BCUT2D eigenvalue weighted by atomic mass is 10.1. The number of carbonyl (C=O) groups is 3. The van der Waals surface area contributed by atoms with Gasteiger partial charge in [-0.05, 0) is 128 Å². The van der Waals surface area contributed by atoms with Gasteiger partial charge in [-0.2, -0.15) is 0 Å². The van der Waals surface area contributed by atoms with Crippen LogP contribution in [0.5, 0.6) is 0 Å². The Morgan fingerprint density at radius 3 is 0.778 bits per heavy atom. The van der Waals surface area contributed by atoms with Crippen molar-refractivity contribution < 1.29 is 28.6 Å². The van der Waals surface area contributed by atoms with Crippen LogP contribution in [0.1, 0.15) is 290 Å². The van der Waals surface area contributed by atoms with Crippen LogP contribution >= 0.6 is 0 Å². The number of hydrogen-bond donors (Lipinski definition) is 0. The van der Waals surface area contributed by atoms with E-state index in [1.165, 1.54) is 89.9 Å². The normalized spacial score (nSPS) is 13.1. The van der Waals surface area contributed by atoms with Gasteiger partial charge in [-0.25, -0.2) is 0 Å². The smallest absolute Gasteiger partial charge is 0.306 e. The SMILES string of the molecule is CC/C=C\C/C=C\C/C=C\C/C=C\C/C=C\C/C=C\C/C=C\C/C=C\C/C=C\CCCCCCCC(=O)OCC(COC(=O)CCCCCCCCCCCCC)OC(=O)CCCCCCCC/C=C\C/C=C\C/C=C\CCCCC. The van der Waals surface area contributed by atoms with Crippen molar-refractivity contribution in [2.75, 3.05) is 13.2 Å². The minimum atomic E-state index is -0.798. The Balaban J connectivity index is 4.33. The van der Waals surface area contributed by atoms with Gasteiger partial charge in [0, 0.05) is 19.3 Å². The van der Waals surface area contributed by atoms with Crippen LogP contribution in [-0.2, 0) is 28.6 Å². The topological polar surface area (TPSA) is 78.9 Å². The van der Waals surface area contributed by atoms with Crippen LogP contribution in [0.3, 0.4) is 0 Å². The summed E-state index contributed by atoms with van der Waals surface area (Å²) in [4.78, 5) is 38.3. The van der Waals surface area contributed by atoms with E-state index in [-0.39, 0.29) is 31.1 Å². The van der Waals surface area contributed by atoms with Gasteiger partial charge in [0.2, 0.25) is 0 Å². The number of allylic oxidation sites excluding steroid dienone is 24. The number of unbranched alkanes of at least 4 members (excludes halogenated alkanes) is 24. The van der Waals surface area contributed by atoms with Gasteiger partial charge in [0.25, 0.3) is 0 Å². The van der Waals surface area contributed by atoms with Crippen LogP contribution < -0.4 is 0 Å². The lowest BCUT2D eigenvalue weighted by Gasteiger charge is -2.18. The van der Waals surface area contributed by atoms with Crippen LogP contribution in [0.25, 0.3) is 0 Å². The maximum atomic E-state index is 12.9. The van der Waals surface area contributed by atoms with Crippen LogP contribution in [0.2, 0.25) is 0 Å². The summed E-state index contributed by atoms with van der Waals surface area (Å²) in [5.74, 6) is -0.923. The third-order valence-corrected chi connectivity index (χ3v) is 13.8. The molecular weight excluding hydrogens is 997 g/mol. The van der Waals surface area contributed by atoms with Crippen LogP contribution in [0, 0.1) is 0 Å². The van der Waals surface area contributed by atoms with Gasteiger partial charge < -0.3 is 14.2 Å². The third kappa shape index (κ3) is 66.0. The second-order valence-corrected chi connectivity index (χ2v) is 21.6. The van der Waals surface area contributed by atoms with Crippen molar-refractivity contribution in [3.8, 4) is 0 Å². The van der Waals surface area contributed by atoms with Crippen molar-refractivity contribution in [1.29, 1.82) is 0 Å². The summed E-state index contributed by atoms with van der Waals surface area (Å²) in [6, 6.07) is 0. The highest BCUT2D eigenvalue weighted by Crippen LogP contribution is 2.15. The second kappa shape index (κ2) is 67.8. The molecule has 81 heavy (non-hydrogen) atoms. The number of carbonyl (C=O) groups excluding carboxylic acids is 3. The zero-order valence-electron chi connectivity index (χ0n) is 52.5. The van der Waals surface area contributed by atoms with Crippen molar-refractivity contribution in [1.82, 2.24) is 0 Å². The van der Waals surface area contributed by atoms with Gasteiger partial charge >= 0.3 is 17.9 Å². The first-order valence-corrected chi connectivity index (χ1v) is 33.3. The van der Waals surface area contributed by atoms with Gasteiger partial charge in [-0.1, -0.05) is 289 Å². The number of rotatable bonds is 59. The molecule has 1 atom stereocenters. The third-order valence-electron chi connectivity index (χ3n) is 13.8. The molecule has 0 aliphatic heterocycles. The van der Waals surface area contributed by atoms with Crippen molar-refractivity contribution in [3.63, 3.8) is 0 Å². The molecule has 0 saturated heterocycles. The van der Waals surface area contributed by atoms with E-state index in [0.717, 1.165) is 161 Å². The fraction of sp³-hybridized carbons (Fsp3) is 0.640. The van der Waals surface area contributed by atoms with E-state index >= 15 is 0 Å². The predicted molar refractivity (Wildman–Crippen MR) is 352 cm³/mol. The fourth-order valence-electron chi connectivity index (χ4n) is 8.85. The molecule has 6 heteroatoms. The second-order valence-electron chi connectivity index (χ2n) is 21.6. The summed E-state index contributed by atoms with van der Waals surface area (Å²) >= 11 is 0. The maximum absolute atomic E-state index is 12.9. The Kier molecular flexibility index (Phi) is 63.9. The summed E-state index contributed by atoms with van der Waals surface area (Å²) in [7, 11) is 0. The zero-order valence-corrected chi connectivity index (χ0v) is 52.5. The first kappa shape index (κ1) is 76.3. The van der Waals surface area contributed by atoms with Gasteiger partial charge in [-0.3, -0.25) is 14.4 Å². The van der Waals surface area contributed by atoms with E-state index in [4.69, 9.17) is 14.2 Å². The average molecular weight is 1120 g/mol. The van der Waals surface area contributed by atoms with E-state index in [9.17, 15) is 14.4 Å². The van der Waals surface area contributed by atoms with Crippen LogP contribution in [0.4, 0.5) is 0 Å². The first-order chi connectivity index (χ1) is 40.0.